The van der Waals surface area contributed by atoms with Crippen molar-refractivity contribution in [3.05, 3.63) is 75.2 Å². The van der Waals surface area contributed by atoms with Gasteiger partial charge in [0.25, 0.3) is 5.56 Å². The predicted molar refractivity (Wildman–Crippen MR) is 166 cm³/mol. The van der Waals surface area contributed by atoms with Crippen LogP contribution in [0.2, 0.25) is 5.02 Å². The zero-order valence-electron chi connectivity index (χ0n) is 24.0. The van der Waals surface area contributed by atoms with Gasteiger partial charge >= 0.3 is 6.09 Å². The lowest BCUT2D eigenvalue weighted by Crippen LogP contribution is -2.45. The number of H-pyrrole nitrogens is 2. The van der Waals surface area contributed by atoms with E-state index < -0.39 is 6.10 Å². The number of alkyl carbamates (subject to hydrolysis) is 1. The Hall–Kier alpha value is -4.02. The maximum Gasteiger partial charge on any atom is 0.407 e. The van der Waals surface area contributed by atoms with Crippen molar-refractivity contribution in [3.8, 4) is 11.4 Å². The van der Waals surface area contributed by atoms with E-state index >= 15 is 0 Å². The van der Waals surface area contributed by atoms with Crippen molar-refractivity contribution in [2.24, 2.45) is 5.92 Å². The van der Waals surface area contributed by atoms with Gasteiger partial charge < -0.3 is 35.3 Å². The number of nitrogens with one attached hydrogen (secondary N) is 4. The molecule has 0 spiro atoms. The topological polar surface area (TPSA) is 135 Å². The summed E-state index contributed by atoms with van der Waals surface area (Å²) in [5, 5.41) is 17.4. The van der Waals surface area contributed by atoms with E-state index in [1.807, 2.05) is 20.8 Å². The highest BCUT2D eigenvalue weighted by Gasteiger charge is 2.23. The van der Waals surface area contributed by atoms with Gasteiger partial charge in [0, 0.05) is 42.6 Å². The van der Waals surface area contributed by atoms with Gasteiger partial charge in [0.15, 0.2) is 0 Å². The number of aliphatic hydroxyl groups excluding tert-OH is 1. The maximum absolute atomic E-state index is 13.0. The summed E-state index contributed by atoms with van der Waals surface area (Å²) in [4.78, 5) is 38.2. The van der Waals surface area contributed by atoms with Gasteiger partial charge in [0.1, 0.15) is 11.4 Å². The quantitative estimate of drug-likeness (QED) is 0.176. The second-order valence-electron chi connectivity index (χ2n) is 11.2. The number of fused-ring (bicyclic) bond motifs is 1. The molecule has 3 heterocycles. The summed E-state index contributed by atoms with van der Waals surface area (Å²) >= 11 is 6.08. The highest BCUT2D eigenvalue weighted by molar-refractivity contribution is 6.30. The fourth-order valence-corrected chi connectivity index (χ4v) is 5.40. The maximum atomic E-state index is 13.0. The summed E-state index contributed by atoms with van der Waals surface area (Å²) in [5.74, 6) is 0.740. The second-order valence-corrected chi connectivity index (χ2v) is 11.6. The van der Waals surface area contributed by atoms with Crippen LogP contribution >= 0.6 is 11.6 Å². The number of rotatable bonds is 9. The third-order valence-electron chi connectivity index (χ3n) is 7.41. The minimum atomic E-state index is -0.818. The fourth-order valence-electron chi connectivity index (χ4n) is 5.20. The van der Waals surface area contributed by atoms with Crippen LogP contribution in [0.4, 0.5) is 16.2 Å². The Bertz CT molecular complexity index is 1610. The highest BCUT2D eigenvalue weighted by atomic mass is 35.5. The molecule has 0 radical (unpaired) electrons. The van der Waals surface area contributed by atoms with Crippen LogP contribution in [0.1, 0.15) is 43.9 Å². The molecule has 5 N–H and O–H groups in total. The number of carbonyl (C=O) groups excluding carboxylic acids is 1. The molecule has 10 nitrogen and oxygen atoms in total. The predicted octanol–water partition coefficient (Wildman–Crippen LogP) is 5.38. The van der Waals surface area contributed by atoms with Crippen molar-refractivity contribution in [1.29, 1.82) is 0 Å². The lowest BCUT2D eigenvalue weighted by molar-refractivity contribution is 0.128. The Kier molecular flexibility index (Phi) is 9.03. The van der Waals surface area contributed by atoms with Crippen molar-refractivity contribution < 1.29 is 14.6 Å². The van der Waals surface area contributed by atoms with Gasteiger partial charge in [0.2, 0.25) is 0 Å². The third kappa shape index (κ3) is 6.88. The molecule has 1 fully saturated rings. The summed E-state index contributed by atoms with van der Waals surface area (Å²) < 4.78 is 5.27. The zero-order valence-corrected chi connectivity index (χ0v) is 24.8. The molecule has 1 aliphatic rings. The van der Waals surface area contributed by atoms with Crippen LogP contribution in [0.3, 0.4) is 0 Å². The Morgan fingerprint density at radius 3 is 2.74 bits per heavy atom. The number of halogens is 1. The van der Waals surface area contributed by atoms with Crippen LogP contribution in [0.15, 0.2) is 53.5 Å². The Morgan fingerprint density at radius 2 is 2.00 bits per heavy atom. The number of hydrogen-bond acceptors (Lipinski definition) is 7. The van der Waals surface area contributed by atoms with E-state index in [0.717, 1.165) is 48.2 Å². The number of nitrogens with zero attached hydrogens (tertiary/aromatic N) is 2. The molecular formula is C31H37ClN6O4. The van der Waals surface area contributed by atoms with Gasteiger partial charge in [-0.2, -0.15) is 0 Å². The minimum Gasteiger partial charge on any atom is -0.449 e. The molecule has 222 valence electrons. The van der Waals surface area contributed by atoms with Crippen molar-refractivity contribution in [2.45, 2.75) is 45.8 Å². The molecule has 2 aromatic heterocycles. The molecule has 1 amide bonds. The lowest BCUT2D eigenvalue weighted by Gasteiger charge is -2.34. The van der Waals surface area contributed by atoms with E-state index in [4.69, 9.17) is 21.3 Å². The van der Waals surface area contributed by atoms with Gasteiger partial charge in [-0.1, -0.05) is 37.6 Å². The fraction of sp³-hybridized carbons (Fsp3) is 0.387. The van der Waals surface area contributed by atoms with Gasteiger partial charge in [0.05, 0.1) is 29.4 Å². The molecule has 4 aromatic rings. The standard InChI is InChI=1S/C31H37ClN6O4/c1-18(2)17-42-31(41)35-22-8-11-38(12-9-22)23-13-19(3)28-25(15-23)36-29(37-28)27-24(7-10-33-30(27)40)34-16-26(39)20-5-4-6-21(32)14-20/h4-7,10,13-15,18,22,26,39H,8-9,11-12,16-17H2,1-3H3,(H,35,41)(H,36,37)(H2,33,34,40)/t26-/m1/s1. The van der Waals surface area contributed by atoms with Crippen LogP contribution in [0.25, 0.3) is 22.4 Å². The van der Waals surface area contributed by atoms with Gasteiger partial charge in [-0.3, -0.25) is 4.79 Å². The molecule has 1 atom stereocenters. The molecule has 0 saturated carbocycles. The van der Waals surface area contributed by atoms with E-state index in [1.165, 1.54) is 0 Å². The molecule has 1 saturated heterocycles. The largest absolute Gasteiger partial charge is 0.449 e. The molecule has 42 heavy (non-hydrogen) atoms. The zero-order chi connectivity index (χ0) is 29.8. The molecule has 2 aromatic carbocycles. The Morgan fingerprint density at radius 1 is 1.21 bits per heavy atom. The first-order valence-electron chi connectivity index (χ1n) is 14.3. The summed E-state index contributed by atoms with van der Waals surface area (Å²) in [5.41, 5.74) is 4.95. The average molecular weight is 593 g/mol. The van der Waals surface area contributed by atoms with Crippen LogP contribution in [-0.4, -0.2) is 58.4 Å². The first kappa shape index (κ1) is 29.5. The SMILES string of the molecule is Cc1cc(N2CCC(NC(=O)OCC(C)C)CC2)cc2[nH]c(-c3c(NC[C@@H](O)c4cccc(Cl)c4)cc[nH]c3=O)nc12. The van der Waals surface area contributed by atoms with Crippen molar-refractivity contribution in [2.75, 3.05) is 36.5 Å². The van der Waals surface area contributed by atoms with Gasteiger partial charge in [-0.25, -0.2) is 9.78 Å². The minimum absolute atomic E-state index is 0.0811. The van der Waals surface area contributed by atoms with E-state index in [9.17, 15) is 14.7 Å². The van der Waals surface area contributed by atoms with Crippen LogP contribution in [0.5, 0.6) is 0 Å². The lowest BCUT2D eigenvalue weighted by atomic mass is 10.0. The van der Waals surface area contributed by atoms with Gasteiger partial charge in [-0.05, 0) is 67.1 Å². The van der Waals surface area contributed by atoms with Crippen LogP contribution < -0.4 is 21.1 Å². The number of imidazole rings is 1. The Labute approximate surface area is 249 Å². The Balaban J connectivity index is 1.31. The molecule has 0 aliphatic carbocycles. The van der Waals surface area contributed by atoms with Crippen molar-refractivity contribution in [1.82, 2.24) is 20.3 Å². The van der Waals surface area contributed by atoms with Crippen LogP contribution in [0, 0.1) is 12.8 Å². The smallest absolute Gasteiger partial charge is 0.407 e. The number of ether oxygens (including phenoxy) is 1. The van der Waals surface area contributed by atoms with E-state index in [2.05, 4.69) is 37.6 Å². The first-order valence-corrected chi connectivity index (χ1v) is 14.6. The number of aromatic nitrogens is 3. The number of anilines is 2. The van der Waals surface area contributed by atoms with E-state index in [-0.39, 0.29) is 24.2 Å². The number of hydrogen-bond donors (Lipinski definition) is 5. The summed E-state index contributed by atoms with van der Waals surface area (Å²) in [7, 11) is 0. The van der Waals surface area contributed by atoms with Gasteiger partial charge in [-0.15, -0.1) is 0 Å². The number of piperidine rings is 1. The monoisotopic (exact) mass is 592 g/mol. The summed E-state index contributed by atoms with van der Waals surface area (Å²) in [6, 6.07) is 13.0. The molecule has 5 rings (SSSR count). The average Bonchev–Trinajstić information content (AvgIpc) is 3.39. The third-order valence-corrected chi connectivity index (χ3v) is 7.64. The molecular weight excluding hydrogens is 556 g/mol. The molecule has 11 heteroatoms. The second kappa shape index (κ2) is 12.9. The van der Waals surface area contributed by atoms with E-state index in [0.29, 0.717) is 40.2 Å². The number of aromatic amines is 2. The highest BCUT2D eigenvalue weighted by Crippen LogP contribution is 2.31. The van der Waals surface area contributed by atoms with Crippen molar-refractivity contribution >= 4 is 40.1 Å². The molecule has 1 aliphatic heterocycles. The van der Waals surface area contributed by atoms with Crippen molar-refractivity contribution in [3.63, 3.8) is 0 Å². The number of pyridine rings is 1. The summed E-state index contributed by atoms with van der Waals surface area (Å²) in [6.07, 6.45) is 2.03. The number of benzene rings is 2. The number of amides is 1. The normalized spacial score (nSPS) is 14.8. The molecule has 0 unspecified atom stereocenters. The number of aliphatic hydroxyl groups is 1. The van der Waals surface area contributed by atoms with E-state index in [1.54, 1.807) is 36.5 Å². The summed E-state index contributed by atoms with van der Waals surface area (Å²) in [6.45, 7) is 8.21. The number of carbonyl (C=O) groups is 1. The first-order chi connectivity index (χ1) is 20.2. The van der Waals surface area contributed by atoms with Crippen LogP contribution in [-0.2, 0) is 4.74 Å². The molecule has 0 bridgehead atoms. The number of aryl methyl sites for hydroxylation is 1.